The van der Waals surface area contributed by atoms with Gasteiger partial charge in [-0.1, -0.05) is 12.1 Å². The van der Waals surface area contributed by atoms with Gasteiger partial charge < -0.3 is 19.9 Å². The van der Waals surface area contributed by atoms with E-state index in [0.717, 1.165) is 31.7 Å². The first-order valence-electron chi connectivity index (χ1n) is 8.50. The van der Waals surface area contributed by atoms with Gasteiger partial charge in [0.25, 0.3) is 0 Å². The molecule has 2 fully saturated rings. The van der Waals surface area contributed by atoms with Gasteiger partial charge in [0.15, 0.2) is 0 Å². The van der Waals surface area contributed by atoms with Crippen molar-refractivity contribution in [2.75, 3.05) is 45.2 Å². The molecule has 2 unspecified atom stereocenters. The van der Waals surface area contributed by atoms with Crippen LogP contribution in [-0.4, -0.2) is 57.1 Å². The molecule has 0 saturated carbocycles. The van der Waals surface area contributed by atoms with Gasteiger partial charge in [-0.3, -0.25) is 9.59 Å². The lowest BCUT2D eigenvalue weighted by molar-refractivity contribution is -0.134. The number of para-hydroxylation sites is 2. The minimum Gasteiger partial charge on any atom is -0.495 e. The second-order valence-electron chi connectivity index (χ2n) is 6.57. The number of halogens is 1. The molecule has 1 N–H and O–H groups in total. The van der Waals surface area contributed by atoms with Gasteiger partial charge in [0, 0.05) is 26.1 Å². The van der Waals surface area contributed by atoms with Crippen molar-refractivity contribution in [2.45, 2.75) is 12.8 Å². The van der Waals surface area contributed by atoms with Crippen LogP contribution in [0.3, 0.4) is 0 Å². The largest absolute Gasteiger partial charge is 0.495 e. The molecule has 2 saturated heterocycles. The van der Waals surface area contributed by atoms with E-state index in [-0.39, 0.29) is 36.6 Å². The number of methoxy groups -OCH3 is 1. The smallest absolute Gasteiger partial charge is 0.228 e. The molecular formula is C18H26ClN3O3. The molecule has 2 aliphatic rings. The number of hydrogen-bond donors (Lipinski definition) is 1. The van der Waals surface area contributed by atoms with Crippen molar-refractivity contribution < 1.29 is 14.3 Å². The molecule has 2 aliphatic heterocycles. The Bertz CT molecular complexity index is 625. The van der Waals surface area contributed by atoms with Crippen LogP contribution >= 0.6 is 12.4 Å². The second-order valence-corrected chi connectivity index (χ2v) is 6.57. The number of hydrogen-bond acceptors (Lipinski definition) is 4. The van der Waals surface area contributed by atoms with E-state index >= 15 is 0 Å². The molecule has 7 heteroatoms. The molecule has 0 radical (unpaired) electrons. The molecule has 25 heavy (non-hydrogen) atoms. The first-order valence-corrected chi connectivity index (χ1v) is 8.50. The summed E-state index contributed by atoms with van der Waals surface area (Å²) in [5.41, 5.74) is 0.745. The Morgan fingerprint density at radius 3 is 2.80 bits per heavy atom. The first-order chi connectivity index (χ1) is 11.6. The summed E-state index contributed by atoms with van der Waals surface area (Å²) in [6.07, 6.45) is 1.31. The summed E-state index contributed by atoms with van der Waals surface area (Å²) in [5.74, 6) is 1.02. The third-order valence-electron chi connectivity index (χ3n) is 4.94. The van der Waals surface area contributed by atoms with E-state index in [0.29, 0.717) is 18.2 Å². The number of likely N-dealkylation sites (tertiary alicyclic amines) is 1. The maximum Gasteiger partial charge on any atom is 0.228 e. The maximum absolute atomic E-state index is 12.8. The van der Waals surface area contributed by atoms with Crippen LogP contribution in [-0.2, 0) is 9.59 Å². The number of carbonyl (C=O) groups excluding carboxylic acids is 2. The predicted octanol–water partition coefficient (Wildman–Crippen LogP) is 1.54. The molecule has 0 aliphatic carbocycles. The van der Waals surface area contributed by atoms with Crippen molar-refractivity contribution in [3.8, 4) is 5.75 Å². The van der Waals surface area contributed by atoms with E-state index in [9.17, 15) is 9.59 Å². The van der Waals surface area contributed by atoms with E-state index in [1.54, 1.807) is 12.0 Å². The zero-order valence-electron chi connectivity index (χ0n) is 14.7. The fourth-order valence-corrected chi connectivity index (χ4v) is 3.70. The van der Waals surface area contributed by atoms with Crippen molar-refractivity contribution in [3.05, 3.63) is 24.3 Å². The van der Waals surface area contributed by atoms with Crippen molar-refractivity contribution in [3.63, 3.8) is 0 Å². The Morgan fingerprint density at radius 2 is 2.08 bits per heavy atom. The van der Waals surface area contributed by atoms with Crippen LogP contribution in [0.25, 0.3) is 0 Å². The van der Waals surface area contributed by atoms with E-state index in [1.165, 1.54) is 0 Å². The normalized spacial score (nSPS) is 22.9. The fourth-order valence-electron chi connectivity index (χ4n) is 3.70. The van der Waals surface area contributed by atoms with E-state index in [2.05, 4.69) is 5.32 Å². The van der Waals surface area contributed by atoms with Crippen LogP contribution in [0.1, 0.15) is 12.8 Å². The number of nitrogens with zero attached hydrogens (tertiary/aromatic N) is 2. The average molecular weight is 368 g/mol. The van der Waals surface area contributed by atoms with Crippen LogP contribution in [0.4, 0.5) is 5.69 Å². The highest BCUT2D eigenvalue weighted by Crippen LogP contribution is 2.33. The number of rotatable bonds is 5. The molecule has 2 amide bonds. The Labute approximate surface area is 154 Å². The van der Waals surface area contributed by atoms with Gasteiger partial charge in [0.1, 0.15) is 5.75 Å². The summed E-state index contributed by atoms with van der Waals surface area (Å²) in [5, 5.41) is 3.17. The summed E-state index contributed by atoms with van der Waals surface area (Å²) in [4.78, 5) is 28.8. The van der Waals surface area contributed by atoms with Gasteiger partial charge in [-0.05, 0) is 38.1 Å². The zero-order chi connectivity index (χ0) is 17.1. The molecule has 1 aromatic rings. The molecule has 2 atom stereocenters. The maximum atomic E-state index is 12.8. The first kappa shape index (κ1) is 19.5. The minimum atomic E-state index is -0.254. The van der Waals surface area contributed by atoms with Crippen LogP contribution in [0, 0.1) is 11.8 Å². The number of anilines is 1. The second kappa shape index (κ2) is 8.54. The van der Waals surface area contributed by atoms with Gasteiger partial charge in [-0.15, -0.1) is 12.4 Å². The topological polar surface area (TPSA) is 61.9 Å². The Hall–Kier alpha value is -1.79. The fraction of sp³-hybridized carbons (Fsp3) is 0.556. The Morgan fingerprint density at radius 1 is 1.32 bits per heavy atom. The van der Waals surface area contributed by atoms with Crippen LogP contribution < -0.4 is 15.0 Å². The standard InChI is InChI=1S/C18H25N3O3.ClH/c1-19-10-13-7-8-20(11-13)18(23)14-9-17(22)21(12-14)15-5-3-4-6-16(15)24-2;/h3-6,13-14,19H,7-12H2,1-2H3;1H. The van der Waals surface area contributed by atoms with Crippen LogP contribution in [0.2, 0.25) is 0 Å². The molecule has 6 nitrogen and oxygen atoms in total. The monoisotopic (exact) mass is 367 g/mol. The summed E-state index contributed by atoms with van der Waals surface area (Å²) in [7, 11) is 3.53. The van der Waals surface area contributed by atoms with Crippen molar-refractivity contribution in [1.82, 2.24) is 10.2 Å². The van der Waals surface area contributed by atoms with E-state index in [1.807, 2.05) is 36.2 Å². The van der Waals surface area contributed by atoms with Crippen molar-refractivity contribution in [1.29, 1.82) is 0 Å². The molecule has 2 heterocycles. The molecule has 0 aromatic heterocycles. The SMILES string of the molecule is CNCC1CCN(C(=O)C2CC(=O)N(c3ccccc3OC)C2)C1.Cl. The highest BCUT2D eigenvalue weighted by atomic mass is 35.5. The molecule has 0 bridgehead atoms. The zero-order valence-corrected chi connectivity index (χ0v) is 15.6. The van der Waals surface area contributed by atoms with E-state index in [4.69, 9.17) is 4.74 Å². The van der Waals surface area contributed by atoms with Crippen LogP contribution in [0.15, 0.2) is 24.3 Å². The lowest BCUT2D eigenvalue weighted by Gasteiger charge is -2.22. The van der Waals surface area contributed by atoms with Crippen molar-refractivity contribution in [2.24, 2.45) is 11.8 Å². The van der Waals surface area contributed by atoms with Gasteiger partial charge in [0.2, 0.25) is 11.8 Å². The Balaban J connectivity index is 0.00000225. The molecule has 3 rings (SSSR count). The lowest BCUT2D eigenvalue weighted by atomic mass is 10.1. The van der Waals surface area contributed by atoms with E-state index < -0.39 is 0 Å². The molecular weight excluding hydrogens is 342 g/mol. The number of ether oxygens (including phenoxy) is 1. The minimum absolute atomic E-state index is 0. The van der Waals surface area contributed by atoms with Gasteiger partial charge in [0.05, 0.1) is 18.7 Å². The molecule has 1 aromatic carbocycles. The quantitative estimate of drug-likeness (QED) is 0.857. The summed E-state index contributed by atoms with van der Waals surface area (Å²) in [6.45, 7) is 2.95. The third-order valence-corrected chi connectivity index (χ3v) is 4.94. The van der Waals surface area contributed by atoms with Crippen molar-refractivity contribution >= 4 is 29.9 Å². The molecule has 138 valence electrons. The molecule has 0 spiro atoms. The number of benzene rings is 1. The average Bonchev–Trinajstić information content (AvgIpc) is 3.21. The summed E-state index contributed by atoms with van der Waals surface area (Å²) in [6, 6.07) is 7.45. The number of amides is 2. The van der Waals surface area contributed by atoms with Gasteiger partial charge in [-0.25, -0.2) is 0 Å². The highest BCUT2D eigenvalue weighted by Gasteiger charge is 2.39. The lowest BCUT2D eigenvalue weighted by Crippen LogP contribution is -2.36. The summed E-state index contributed by atoms with van der Waals surface area (Å²) < 4.78 is 5.35. The highest BCUT2D eigenvalue weighted by molar-refractivity contribution is 6.01. The van der Waals surface area contributed by atoms with Gasteiger partial charge in [-0.2, -0.15) is 0 Å². The number of carbonyl (C=O) groups is 2. The van der Waals surface area contributed by atoms with Gasteiger partial charge >= 0.3 is 0 Å². The third kappa shape index (κ3) is 4.07. The number of nitrogens with one attached hydrogen (secondary N) is 1. The predicted molar refractivity (Wildman–Crippen MR) is 99.3 cm³/mol. The van der Waals surface area contributed by atoms with Crippen LogP contribution in [0.5, 0.6) is 5.75 Å². The Kier molecular flexibility index (Phi) is 6.67. The summed E-state index contributed by atoms with van der Waals surface area (Å²) >= 11 is 0.